The normalized spacial score (nSPS) is 15.1. The number of ether oxygens (including phenoxy) is 3. The van der Waals surface area contributed by atoms with E-state index in [1.807, 2.05) is 45.0 Å². The third-order valence-electron chi connectivity index (χ3n) is 8.04. The second-order valence-electron chi connectivity index (χ2n) is 12.0. The lowest BCUT2D eigenvalue weighted by Crippen LogP contribution is -2.46. The highest BCUT2D eigenvalue weighted by atomic mass is 19.4. The Bertz CT molecular complexity index is 1850. The minimum atomic E-state index is -5.21. The van der Waals surface area contributed by atoms with Gasteiger partial charge in [-0.3, -0.25) is 19.6 Å². The highest BCUT2D eigenvalue weighted by molar-refractivity contribution is 5.93. The number of nitrogens with zero attached hydrogens (tertiary/aromatic N) is 3. The van der Waals surface area contributed by atoms with Crippen LogP contribution in [-0.2, 0) is 19.1 Å². The molecule has 3 aromatic carbocycles. The molecule has 1 aliphatic heterocycles. The molecule has 2 heterocycles. The van der Waals surface area contributed by atoms with Crippen LogP contribution in [0, 0.1) is 0 Å². The number of alkyl halides is 3. The van der Waals surface area contributed by atoms with Crippen molar-refractivity contribution in [1.82, 2.24) is 9.88 Å². The summed E-state index contributed by atoms with van der Waals surface area (Å²) >= 11 is 0. The molecule has 0 spiro atoms. The summed E-state index contributed by atoms with van der Waals surface area (Å²) in [7, 11) is 0. The summed E-state index contributed by atoms with van der Waals surface area (Å²) in [5.41, 5.74) is 2.12. The van der Waals surface area contributed by atoms with Crippen LogP contribution in [0.15, 0.2) is 79.1 Å². The lowest BCUT2D eigenvalue weighted by molar-refractivity contribution is -0.199. The van der Waals surface area contributed by atoms with Gasteiger partial charge in [-0.2, -0.15) is 13.2 Å². The van der Waals surface area contributed by atoms with Gasteiger partial charge in [0.15, 0.2) is 18.1 Å². The predicted molar refractivity (Wildman–Crippen MR) is 180 cm³/mol. The number of benzene rings is 3. The Kier molecular flexibility index (Phi) is 11.1. The maximum absolute atomic E-state index is 14.7. The Morgan fingerprint density at radius 1 is 1.04 bits per heavy atom. The summed E-state index contributed by atoms with van der Waals surface area (Å²) in [4.78, 5) is 44.0. The number of amides is 2. The van der Waals surface area contributed by atoms with Crippen molar-refractivity contribution in [2.75, 3.05) is 30.1 Å². The average Bonchev–Trinajstić information content (AvgIpc) is 3.58. The first-order valence-electron chi connectivity index (χ1n) is 16.1. The number of hydrogen-bond acceptors (Lipinski definition) is 9. The predicted octanol–water partition coefficient (Wildman–Crippen LogP) is 6.25. The van der Waals surface area contributed by atoms with E-state index in [2.05, 4.69) is 15.0 Å². The van der Waals surface area contributed by atoms with Crippen molar-refractivity contribution in [3.8, 4) is 11.5 Å². The van der Waals surface area contributed by atoms with Crippen LogP contribution < -0.4 is 25.6 Å². The van der Waals surface area contributed by atoms with Gasteiger partial charge in [-0.05, 0) is 92.6 Å². The van der Waals surface area contributed by atoms with Crippen LogP contribution >= 0.6 is 0 Å². The zero-order valence-corrected chi connectivity index (χ0v) is 27.8. The van der Waals surface area contributed by atoms with E-state index in [1.54, 1.807) is 59.8 Å². The number of carbonyl (C=O) groups is 3. The van der Waals surface area contributed by atoms with Crippen LogP contribution in [0.5, 0.6) is 11.5 Å². The summed E-state index contributed by atoms with van der Waals surface area (Å²) in [5, 5.41) is 5.68. The SMILES string of the molecule is CCOc1cc([C@@H](C(=O)N2CCC[C@@H]2c2cccc(NC(=O)COC(=O)C(F)(F)F)c2)N(N)c2ccc3cnccc3c2)ccc1OC(C)C. The van der Waals surface area contributed by atoms with Crippen molar-refractivity contribution in [1.29, 1.82) is 0 Å². The number of nitrogens with one attached hydrogen (secondary N) is 1. The van der Waals surface area contributed by atoms with Gasteiger partial charge in [0.05, 0.1) is 24.4 Å². The molecule has 4 aromatic rings. The molecule has 0 saturated carbocycles. The molecule has 50 heavy (non-hydrogen) atoms. The Morgan fingerprint density at radius 3 is 2.58 bits per heavy atom. The first kappa shape index (κ1) is 35.9. The van der Waals surface area contributed by atoms with Gasteiger partial charge in [-0.25, -0.2) is 10.6 Å². The fourth-order valence-electron chi connectivity index (χ4n) is 5.88. The first-order valence-corrected chi connectivity index (χ1v) is 16.1. The molecule has 1 saturated heterocycles. The fraction of sp³-hybridized carbons (Fsp3) is 0.333. The molecular formula is C36H38F3N5O6. The van der Waals surface area contributed by atoms with Crippen molar-refractivity contribution in [3.63, 3.8) is 0 Å². The van der Waals surface area contributed by atoms with E-state index < -0.39 is 36.7 Å². The third-order valence-corrected chi connectivity index (χ3v) is 8.04. The van der Waals surface area contributed by atoms with Crippen LogP contribution in [0.4, 0.5) is 24.5 Å². The van der Waals surface area contributed by atoms with Crippen LogP contribution in [0.1, 0.15) is 56.8 Å². The monoisotopic (exact) mass is 693 g/mol. The molecule has 11 nitrogen and oxygen atoms in total. The second-order valence-corrected chi connectivity index (χ2v) is 12.0. The maximum Gasteiger partial charge on any atom is 0.490 e. The number of likely N-dealkylation sites (tertiary alicyclic amines) is 1. The molecule has 2 atom stereocenters. The zero-order chi connectivity index (χ0) is 36.0. The van der Waals surface area contributed by atoms with Crippen LogP contribution in [0.25, 0.3) is 10.8 Å². The lowest BCUT2D eigenvalue weighted by atomic mass is 10.00. The van der Waals surface area contributed by atoms with Gasteiger partial charge in [0.25, 0.3) is 11.8 Å². The van der Waals surface area contributed by atoms with Crippen molar-refractivity contribution < 1.29 is 41.8 Å². The van der Waals surface area contributed by atoms with Gasteiger partial charge in [-0.1, -0.05) is 24.3 Å². The van der Waals surface area contributed by atoms with Gasteiger partial charge in [0, 0.05) is 30.0 Å². The van der Waals surface area contributed by atoms with E-state index in [1.165, 1.54) is 5.01 Å². The van der Waals surface area contributed by atoms with E-state index in [9.17, 15) is 27.6 Å². The first-order chi connectivity index (χ1) is 23.8. The molecule has 5 rings (SSSR count). The maximum atomic E-state index is 14.7. The van der Waals surface area contributed by atoms with Gasteiger partial charge in [-0.15, -0.1) is 0 Å². The zero-order valence-electron chi connectivity index (χ0n) is 27.8. The highest BCUT2D eigenvalue weighted by Gasteiger charge is 2.41. The van der Waals surface area contributed by atoms with Gasteiger partial charge < -0.3 is 24.4 Å². The van der Waals surface area contributed by atoms with Crippen molar-refractivity contribution in [2.24, 2.45) is 5.84 Å². The Hall–Kier alpha value is -5.37. The molecule has 0 radical (unpaired) electrons. The number of anilines is 2. The van der Waals surface area contributed by atoms with Crippen molar-refractivity contribution in [3.05, 3.63) is 90.3 Å². The number of esters is 1. The molecule has 264 valence electrons. The molecular weight excluding hydrogens is 655 g/mol. The third kappa shape index (κ3) is 8.43. The summed E-state index contributed by atoms with van der Waals surface area (Å²) in [6, 6.07) is 18.0. The highest BCUT2D eigenvalue weighted by Crippen LogP contribution is 2.39. The Balaban J connectivity index is 1.46. The van der Waals surface area contributed by atoms with Crippen molar-refractivity contribution >= 4 is 39.9 Å². The molecule has 0 unspecified atom stereocenters. The quantitative estimate of drug-likeness (QED) is 0.100. The number of nitrogens with two attached hydrogens (primary N) is 1. The number of fused-ring (bicyclic) bond motifs is 1. The molecule has 2 amide bonds. The van der Waals surface area contributed by atoms with Crippen LogP contribution in [0.3, 0.4) is 0 Å². The number of halogens is 3. The van der Waals surface area contributed by atoms with E-state index >= 15 is 0 Å². The summed E-state index contributed by atoms with van der Waals surface area (Å²) in [5.74, 6) is 4.18. The van der Waals surface area contributed by atoms with Crippen LogP contribution in [0.2, 0.25) is 0 Å². The molecule has 1 aliphatic rings. The number of rotatable bonds is 12. The number of hydrazine groups is 1. The molecule has 14 heteroatoms. The Morgan fingerprint density at radius 2 is 1.84 bits per heavy atom. The Labute approximate surface area is 287 Å². The second kappa shape index (κ2) is 15.5. The number of hydrogen-bond donors (Lipinski definition) is 2. The number of aromatic nitrogens is 1. The largest absolute Gasteiger partial charge is 0.490 e. The minimum absolute atomic E-state index is 0.114. The van der Waals surface area contributed by atoms with Gasteiger partial charge in [0.1, 0.15) is 6.04 Å². The van der Waals surface area contributed by atoms with E-state index in [-0.39, 0.29) is 17.7 Å². The summed E-state index contributed by atoms with van der Waals surface area (Å²) < 4.78 is 53.4. The summed E-state index contributed by atoms with van der Waals surface area (Å²) in [6.45, 7) is 5.35. The molecule has 1 fully saturated rings. The topological polar surface area (TPSA) is 136 Å². The lowest BCUT2D eigenvalue weighted by Gasteiger charge is -2.35. The van der Waals surface area contributed by atoms with E-state index in [0.717, 1.165) is 10.8 Å². The van der Waals surface area contributed by atoms with E-state index in [4.69, 9.17) is 15.3 Å². The average molecular weight is 694 g/mol. The smallest absolute Gasteiger partial charge is 0.490 e. The van der Waals surface area contributed by atoms with Crippen LogP contribution in [-0.4, -0.2) is 59.7 Å². The molecule has 3 N–H and O–H groups in total. The molecule has 1 aromatic heterocycles. The standard InChI is InChI=1S/C36H38F3N5O6/c1-4-48-31-19-25(11-13-30(31)50-22(2)3)33(44(40)28-12-10-26-20-41-15-14-23(26)18-28)34(46)43-16-6-9-29(43)24-7-5-8-27(17-24)42-32(45)21-49-35(47)36(37,38)39/h5,7-8,10-15,17-20,22,29,33H,4,6,9,16,21,40H2,1-3H3,(H,42,45)/t29-,33+/m1/s1. The number of carbonyl (C=O) groups excluding carboxylic acids is 3. The molecule has 0 aliphatic carbocycles. The van der Waals surface area contributed by atoms with Gasteiger partial charge >= 0.3 is 12.1 Å². The minimum Gasteiger partial charge on any atom is -0.490 e. The summed E-state index contributed by atoms with van der Waals surface area (Å²) in [6.07, 6.45) is -0.612. The van der Waals surface area contributed by atoms with Gasteiger partial charge in [0.2, 0.25) is 0 Å². The fourth-order valence-corrected chi connectivity index (χ4v) is 5.88. The number of pyridine rings is 1. The van der Waals surface area contributed by atoms with Crippen molar-refractivity contribution in [2.45, 2.75) is 58.0 Å². The van der Waals surface area contributed by atoms with E-state index in [0.29, 0.717) is 54.3 Å². The molecule has 0 bridgehead atoms.